The number of carboxylic acids is 1. The summed E-state index contributed by atoms with van der Waals surface area (Å²) in [5, 5.41) is 17.7. The van der Waals surface area contributed by atoms with Gasteiger partial charge < -0.3 is 10.2 Å². The van der Waals surface area contributed by atoms with Crippen LogP contribution < -0.4 is 0 Å². The van der Waals surface area contributed by atoms with Crippen LogP contribution in [0.3, 0.4) is 0 Å². The molecule has 0 fully saturated rings. The van der Waals surface area contributed by atoms with Gasteiger partial charge in [-0.25, -0.2) is 9.59 Å². The van der Waals surface area contributed by atoms with Gasteiger partial charge >= 0.3 is 11.9 Å². The minimum atomic E-state index is -1.23. The van der Waals surface area contributed by atoms with Gasteiger partial charge in [0.05, 0.1) is 17.2 Å². The number of hydrogen-bond acceptors (Lipinski definition) is 5. The Bertz CT molecular complexity index is 412. The summed E-state index contributed by atoms with van der Waals surface area (Å²) in [6, 6.07) is 5.61. The van der Waals surface area contributed by atoms with E-state index in [9.17, 15) is 9.59 Å². The van der Waals surface area contributed by atoms with E-state index in [4.69, 9.17) is 10.2 Å². The number of carbonyl (C=O) groups excluding carboxylic acids is 1. The minimum absolute atomic E-state index is 0.106. The van der Waals surface area contributed by atoms with Crippen molar-refractivity contribution in [3.8, 4) is 0 Å². The molecule has 0 spiro atoms. The summed E-state index contributed by atoms with van der Waals surface area (Å²) >= 11 is 0. The molecule has 6 heteroatoms. The van der Waals surface area contributed by atoms with Gasteiger partial charge in [0.1, 0.15) is 6.61 Å². The summed E-state index contributed by atoms with van der Waals surface area (Å²) in [7, 11) is 0. The van der Waals surface area contributed by atoms with Crippen LogP contribution >= 0.6 is 0 Å². The predicted octanol–water partition coefficient (Wildman–Crippen LogP) is 0.854. The molecule has 0 radical (unpaired) electrons. The van der Waals surface area contributed by atoms with Crippen molar-refractivity contribution in [2.75, 3.05) is 6.61 Å². The van der Waals surface area contributed by atoms with E-state index in [0.29, 0.717) is 0 Å². The maximum absolute atomic E-state index is 11.5. The smallest absolute Gasteiger partial charge is 0.373 e. The van der Waals surface area contributed by atoms with Crippen LogP contribution in [0, 0.1) is 0 Å². The number of carboxylic acid groups (broad SMARTS) is 1. The quantitative estimate of drug-likeness (QED) is 0.585. The molecule has 0 saturated heterocycles. The number of rotatable bonds is 5. The first-order valence-corrected chi connectivity index (χ1v) is 4.86. The first-order valence-electron chi connectivity index (χ1n) is 4.86. The van der Waals surface area contributed by atoms with Gasteiger partial charge in [-0.3, -0.25) is 4.89 Å². The van der Waals surface area contributed by atoms with E-state index in [-0.39, 0.29) is 17.7 Å². The molecule has 1 unspecified atom stereocenters. The Morgan fingerprint density at radius 3 is 2.41 bits per heavy atom. The molecule has 17 heavy (non-hydrogen) atoms. The monoisotopic (exact) mass is 240 g/mol. The average Bonchev–Trinajstić information content (AvgIpc) is 2.28. The van der Waals surface area contributed by atoms with Crippen molar-refractivity contribution in [3.05, 3.63) is 35.4 Å². The maximum atomic E-state index is 11.5. The van der Waals surface area contributed by atoms with Crippen LogP contribution in [-0.2, 0) is 9.78 Å². The molecule has 0 aliphatic carbocycles. The second-order valence-electron chi connectivity index (χ2n) is 3.36. The van der Waals surface area contributed by atoms with E-state index in [1.165, 1.54) is 31.2 Å². The molecule has 0 heterocycles. The van der Waals surface area contributed by atoms with Crippen LogP contribution in [0.25, 0.3) is 0 Å². The average molecular weight is 240 g/mol. The lowest BCUT2D eigenvalue weighted by molar-refractivity contribution is -0.252. The van der Waals surface area contributed by atoms with E-state index in [0.717, 1.165) is 0 Å². The molecule has 6 nitrogen and oxygen atoms in total. The van der Waals surface area contributed by atoms with Crippen molar-refractivity contribution in [2.45, 2.75) is 13.0 Å². The molecule has 0 aliphatic rings. The van der Waals surface area contributed by atoms with Crippen LogP contribution in [0.1, 0.15) is 27.6 Å². The molecule has 0 bridgehead atoms. The third-order valence-corrected chi connectivity index (χ3v) is 1.82. The number of hydrogen-bond donors (Lipinski definition) is 2. The lowest BCUT2D eigenvalue weighted by atomic mass is 10.1. The third kappa shape index (κ3) is 3.86. The number of aromatic carboxylic acids is 1. The van der Waals surface area contributed by atoms with E-state index < -0.39 is 18.0 Å². The summed E-state index contributed by atoms with van der Waals surface area (Å²) < 4.78 is 0. The molecular formula is C11H12O6. The lowest BCUT2D eigenvalue weighted by Gasteiger charge is -2.06. The van der Waals surface area contributed by atoms with Crippen LogP contribution in [0.4, 0.5) is 0 Å². The van der Waals surface area contributed by atoms with Gasteiger partial charge in [-0.15, -0.1) is 0 Å². The van der Waals surface area contributed by atoms with Gasteiger partial charge in [0.25, 0.3) is 0 Å². The standard InChI is InChI=1S/C11H12O6/c1-7(12)6-16-17-11(15)9-5-3-2-4-8(9)10(13)14/h2-5,7,12H,6H2,1H3,(H,13,14). The van der Waals surface area contributed by atoms with E-state index in [1.54, 1.807) is 0 Å². The van der Waals surface area contributed by atoms with Gasteiger partial charge in [0.2, 0.25) is 0 Å². The maximum Gasteiger partial charge on any atom is 0.373 e. The third-order valence-electron chi connectivity index (χ3n) is 1.82. The summed E-state index contributed by atoms with van der Waals surface area (Å²) in [4.78, 5) is 31.1. The van der Waals surface area contributed by atoms with Crippen molar-refractivity contribution in [3.63, 3.8) is 0 Å². The zero-order chi connectivity index (χ0) is 12.8. The molecule has 92 valence electrons. The fourth-order valence-electron chi connectivity index (χ4n) is 1.08. The molecule has 1 rings (SSSR count). The summed E-state index contributed by atoms with van der Waals surface area (Å²) in [5.74, 6) is -2.14. The highest BCUT2D eigenvalue weighted by Gasteiger charge is 2.17. The van der Waals surface area contributed by atoms with Crippen molar-refractivity contribution in [2.24, 2.45) is 0 Å². The molecule has 0 aliphatic heterocycles. The summed E-state index contributed by atoms with van der Waals surface area (Å²) in [6.07, 6.45) is -0.780. The lowest BCUT2D eigenvalue weighted by Crippen LogP contribution is -2.16. The van der Waals surface area contributed by atoms with Crippen molar-refractivity contribution < 1.29 is 29.6 Å². The Balaban J connectivity index is 2.72. The SMILES string of the molecule is CC(O)COOC(=O)c1ccccc1C(=O)O. The van der Waals surface area contributed by atoms with Crippen LogP contribution in [0.2, 0.25) is 0 Å². The highest BCUT2D eigenvalue weighted by Crippen LogP contribution is 2.10. The fourth-order valence-corrected chi connectivity index (χ4v) is 1.08. The van der Waals surface area contributed by atoms with Crippen LogP contribution in [0.5, 0.6) is 0 Å². The Hall–Kier alpha value is -1.92. The number of benzene rings is 1. The van der Waals surface area contributed by atoms with E-state index >= 15 is 0 Å². The van der Waals surface area contributed by atoms with Gasteiger partial charge in [0.15, 0.2) is 0 Å². The Labute approximate surface area is 97.3 Å². The predicted molar refractivity (Wildman–Crippen MR) is 56.4 cm³/mol. The highest BCUT2D eigenvalue weighted by molar-refractivity contribution is 6.02. The number of aliphatic hydroxyl groups is 1. The number of aliphatic hydroxyl groups excluding tert-OH is 1. The molecule has 0 amide bonds. The van der Waals surface area contributed by atoms with Gasteiger partial charge in [-0.2, -0.15) is 4.89 Å². The van der Waals surface area contributed by atoms with Gasteiger partial charge in [-0.1, -0.05) is 12.1 Å². The van der Waals surface area contributed by atoms with E-state index in [2.05, 4.69) is 9.78 Å². The van der Waals surface area contributed by atoms with Crippen molar-refractivity contribution in [1.29, 1.82) is 0 Å². The molecule has 1 aromatic carbocycles. The largest absolute Gasteiger partial charge is 0.478 e. The summed E-state index contributed by atoms with van der Waals surface area (Å²) in [5.41, 5.74) is -0.274. The first kappa shape index (κ1) is 13.1. The fraction of sp³-hybridized carbons (Fsp3) is 0.273. The topological polar surface area (TPSA) is 93.1 Å². The zero-order valence-electron chi connectivity index (χ0n) is 9.12. The normalized spacial score (nSPS) is 11.9. The second-order valence-corrected chi connectivity index (χ2v) is 3.36. The molecule has 0 aromatic heterocycles. The van der Waals surface area contributed by atoms with Crippen molar-refractivity contribution in [1.82, 2.24) is 0 Å². The van der Waals surface area contributed by atoms with E-state index in [1.807, 2.05) is 0 Å². The Morgan fingerprint density at radius 1 is 1.29 bits per heavy atom. The van der Waals surface area contributed by atoms with Crippen LogP contribution in [-0.4, -0.2) is 34.9 Å². The minimum Gasteiger partial charge on any atom is -0.478 e. The second kappa shape index (κ2) is 5.97. The molecule has 0 saturated carbocycles. The Morgan fingerprint density at radius 2 is 1.88 bits per heavy atom. The number of carbonyl (C=O) groups is 2. The first-order chi connectivity index (χ1) is 8.02. The molecular weight excluding hydrogens is 228 g/mol. The Kier molecular flexibility index (Phi) is 4.62. The van der Waals surface area contributed by atoms with Gasteiger partial charge in [0, 0.05) is 0 Å². The molecule has 1 atom stereocenters. The highest BCUT2D eigenvalue weighted by atomic mass is 17.2. The molecule has 2 N–H and O–H groups in total. The van der Waals surface area contributed by atoms with Crippen LogP contribution in [0.15, 0.2) is 24.3 Å². The zero-order valence-corrected chi connectivity index (χ0v) is 9.12. The molecule has 1 aromatic rings. The van der Waals surface area contributed by atoms with Crippen molar-refractivity contribution >= 4 is 11.9 Å². The van der Waals surface area contributed by atoms with Gasteiger partial charge in [-0.05, 0) is 19.1 Å². The summed E-state index contributed by atoms with van der Waals surface area (Å²) in [6.45, 7) is 1.28.